The Labute approximate surface area is 124 Å². The van der Waals surface area contributed by atoms with E-state index in [0.717, 1.165) is 21.5 Å². The van der Waals surface area contributed by atoms with Crippen LogP contribution in [0.4, 0.5) is 0 Å². The van der Waals surface area contributed by atoms with Crippen LogP contribution in [0.2, 0.25) is 0 Å². The minimum absolute atomic E-state index is 0.792. The molecule has 0 spiro atoms. The van der Waals surface area contributed by atoms with Gasteiger partial charge < -0.3 is 0 Å². The predicted molar refractivity (Wildman–Crippen MR) is 83.6 cm³/mol. The number of benzene rings is 2. The molecule has 0 saturated carbocycles. The fourth-order valence-corrected chi connectivity index (χ4v) is 2.82. The van der Waals surface area contributed by atoms with E-state index in [9.17, 15) is 0 Å². The van der Waals surface area contributed by atoms with Crippen LogP contribution in [0.5, 0.6) is 0 Å². The Bertz CT molecular complexity index is 922. The topological polar surface area (TPSA) is 30.2 Å². The molecule has 0 saturated heterocycles. The van der Waals surface area contributed by atoms with E-state index in [1.165, 1.54) is 10.8 Å². The molecule has 3 nitrogen and oxygen atoms in total. The molecule has 0 unspecified atom stereocenters. The lowest BCUT2D eigenvalue weighted by Crippen LogP contribution is -1.93. The van der Waals surface area contributed by atoms with Crippen molar-refractivity contribution in [1.82, 2.24) is 14.6 Å². The highest BCUT2D eigenvalue weighted by molar-refractivity contribution is 9.10. The van der Waals surface area contributed by atoms with E-state index in [2.05, 4.69) is 68.5 Å². The van der Waals surface area contributed by atoms with Crippen LogP contribution in [-0.2, 0) is 0 Å². The summed E-state index contributed by atoms with van der Waals surface area (Å²) < 4.78 is 2.58. The first-order chi connectivity index (χ1) is 9.81. The molecule has 0 bridgehead atoms. The predicted octanol–water partition coefficient (Wildman–Crippen LogP) is 4.31. The highest BCUT2D eigenvalue weighted by Gasteiger charge is 2.07. The molecule has 0 atom stereocenters. The van der Waals surface area contributed by atoms with Crippen molar-refractivity contribution < 1.29 is 0 Å². The van der Waals surface area contributed by atoms with Gasteiger partial charge in [0.1, 0.15) is 4.60 Å². The van der Waals surface area contributed by atoms with Gasteiger partial charge in [-0.3, -0.25) is 0 Å². The second-order valence-corrected chi connectivity index (χ2v) is 5.42. The highest BCUT2D eigenvalue weighted by Crippen LogP contribution is 2.27. The van der Waals surface area contributed by atoms with Gasteiger partial charge in [-0.05, 0) is 38.8 Å². The number of fused-ring (bicyclic) bond motifs is 2. The van der Waals surface area contributed by atoms with Gasteiger partial charge in [-0.25, -0.2) is 9.50 Å². The van der Waals surface area contributed by atoms with Gasteiger partial charge >= 0.3 is 0 Å². The van der Waals surface area contributed by atoms with Crippen molar-refractivity contribution in [3.8, 4) is 11.3 Å². The molecule has 2 aromatic heterocycles. The average molecular weight is 324 g/mol. The first-order valence-corrected chi connectivity index (χ1v) is 7.11. The second-order valence-electron chi connectivity index (χ2n) is 4.61. The van der Waals surface area contributed by atoms with E-state index in [0.29, 0.717) is 0 Å². The summed E-state index contributed by atoms with van der Waals surface area (Å²) in [6, 6.07) is 18.6. The fourth-order valence-electron chi connectivity index (χ4n) is 2.45. The SMILES string of the molecule is Brc1cn2nc(-c3cccc4ccccc34)ccc2n1. The Balaban J connectivity index is 2.00. The summed E-state index contributed by atoms with van der Waals surface area (Å²) in [6.45, 7) is 0. The minimum atomic E-state index is 0.792. The smallest absolute Gasteiger partial charge is 0.154 e. The summed E-state index contributed by atoms with van der Waals surface area (Å²) >= 11 is 3.37. The number of halogens is 1. The molecular weight excluding hydrogens is 314 g/mol. The number of rotatable bonds is 1. The van der Waals surface area contributed by atoms with Crippen LogP contribution < -0.4 is 0 Å². The van der Waals surface area contributed by atoms with Crippen LogP contribution in [-0.4, -0.2) is 14.6 Å². The molecule has 0 radical (unpaired) electrons. The van der Waals surface area contributed by atoms with Gasteiger partial charge in [-0.15, -0.1) is 0 Å². The van der Waals surface area contributed by atoms with Crippen molar-refractivity contribution >= 4 is 32.3 Å². The van der Waals surface area contributed by atoms with E-state index >= 15 is 0 Å². The van der Waals surface area contributed by atoms with Gasteiger partial charge in [0.05, 0.1) is 11.9 Å². The zero-order valence-corrected chi connectivity index (χ0v) is 12.1. The van der Waals surface area contributed by atoms with E-state index in [-0.39, 0.29) is 0 Å². The molecule has 0 aliphatic carbocycles. The van der Waals surface area contributed by atoms with Gasteiger partial charge in [-0.2, -0.15) is 5.10 Å². The van der Waals surface area contributed by atoms with Gasteiger partial charge in [0.25, 0.3) is 0 Å². The largest absolute Gasteiger partial charge is 0.220 e. The molecular formula is C16H10BrN3. The normalized spacial score (nSPS) is 11.2. The Morgan fingerprint density at radius 2 is 1.75 bits per heavy atom. The van der Waals surface area contributed by atoms with Crippen molar-refractivity contribution in [2.45, 2.75) is 0 Å². The van der Waals surface area contributed by atoms with E-state index in [4.69, 9.17) is 0 Å². The zero-order chi connectivity index (χ0) is 13.5. The fraction of sp³-hybridized carbons (Fsp3) is 0. The van der Waals surface area contributed by atoms with Crippen molar-refractivity contribution in [2.24, 2.45) is 0 Å². The molecule has 4 rings (SSSR count). The Hall–Kier alpha value is -2.20. The molecule has 0 fully saturated rings. The van der Waals surface area contributed by atoms with E-state index < -0.39 is 0 Å². The van der Waals surface area contributed by atoms with Gasteiger partial charge in [-0.1, -0.05) is 42.5 Å². The van der Waals surface area contributed by atoms with Crippen LogP contribution in [0.25, 0.3) is 27.7 Å². The van der Waals surface area contributed by atoms with Crippen molar-refractivity contribution in [3.63, 3.8) is 0 Å². The quantitative estimate of drug-likeness (QED) is 0.522. The van der Waals surface area contributed by atoms with E-state index in [1.807, 2.05) is 18.3 Å². The second kappa shape index (κ2) is 4.42. The Morgan fingerprint density at radius 1 is 0.900 bits per heavy atom. The maximum Gasteiger partial charge on any atom is 0.154 e. The molecule has 4 heteroatoms. The maximum absolute atomic E-state index is 4.64. The summed E-state index contributed by atoms with van der Waals surface area (Å²) in [5.41, 5.74) is 2.91. The lowest BCUT2D eigenvalue weighted by atomic mass is 10.0. The third kappa shape index (κ3) is 1.80. The van der Waals surface area contributed by atoms with E-state index in [1.54, 1.807) is 4.52 Å². The molecule has 2 aromatic carbocycles. The van der Waals surface area contributed by atoms with Crippen LogP contribution in [0.3, 0.4) is 0 Å². The third-order valence-corrected chi connectivity index (χ3v) is 3.74. The molecule has 4 aromatic rings. The number of imidazole rings is 1. The van der Waals surface area contributed by atoms with Crippen LogP contribution in [0.15, 0.2) is 65.4 Å². The number of hydrogen-bond donors (Lipinski definition) is 0. The molecule has 96 valence electrons. The summed E-state index contributed by atoms with van der Waals surface area (Å²) in [7, 11) is 0. The third-order valence-electron chi connectivity index (χ3n) is 3.36. The van der Waals surface area contributed by atoms with Crippen LogP contribution in [0.1, 0.15) is 0 Å². The first-order valence-electron chi connectivity index (χ1n) is 6.31. The zero-order valence-electron chi connectivity index (χ0n) is 10.5. The minimum Gasteiger partial charge on any atom is -0.220 e. The Morgan fingerprint density at radius 3 is 2.70 bits per heavy atom. The van der Waals surface area contributed by atoms with Crippen molar-refractivity contribution in [3.05, 3.63) is 65.4 Å². The molecule has 20 heavy (non-hydrogen) atoms. The van der Waals surface area contributed by atoms with Gasteiger partial charge in [0, 0.05) is 5.56 Å². The average Bonchev–Trinajstić information content (AvgIpc) is 2.85. The molecule has 0 amide bonds. The summed E-state index contributed by atoms with van der Waals surface area (Å²) in [6.07, 6.45) is 1.87. The molecule has 0 aliphatic heterocycles. The highest BCUT2D eigenvalue weighted by atomic mass is 79.9. The monoisotopic (exact) mass is 323 g/mol. The molecule has 2 heterocycles. The van der Waals surface area contributed by atoms with Crippen LogP contribution in [0, 0.1) is 0 Å². The Kier molecular flexibility index (Phi) is 2.57. The summed E-state index contributed by atoms with van der Waals surface area (Å²) in [4.78, 5) is 4.33. The lowest BCUT2D eigenvalue weighted by Gasteiger charge is -2.06. The maximum atomic E-state index is 4.64. The summed E-state index contributed by atoms with van der Waals surface area (Å²) in [5, 5.41) is 7.07. The number of hydrogen-bond acceptors (Lipinski definition) is 2. The lowest BCUT2D eigenvalue weighted by molar-refractivity contribution is 0.942. The molecule has 0 aliphatic rings. The molecule has 0 N–H and O–H groups in total. The van der Waals surface area contributed by atoms with Crippen molar-refractivity contribution in [2.75, 3.05) is 0 Å². The first kappa shape index (κ1) is 11.6. The number of nitrogens with zero attached hydrogens (tertiary/aromatic N) is 3. The van der Waals surface area contributed by atoms with Gasteiger partial charge in [0.15, 0.2) is 5.65 Å². The van der Waals surface area contributed by atoms with Crippen molar-refractivity contribution in [1.29, 1.82) is 0 Å². The summed E-state index contributed by atoms with van der Waals surface area (Å²) in [5.74, 6) is 0. The standard InChI is InChI=1S/C16H10BrN3/c17-15-10-20-16(18-15)9-8-14(19-20)13-7-3-5-11-4-1-2-6-12(11)13/h1-10H. The van der Waals surface area contributed by atoms with Gasteiger partial charge in [0.2, 0.25) is 0 Å². The number of aromatic nitrogens is 3. The van der Waals surface area contributed by atoms with Crippen LogP contribution >= 0.6 is 15.9 Å².